The summed E-state index contributed by atoms with van der Waals surface area (Å²) in [5.74, 6) is 1.96. The van der Waals surface area contributed by atoms with Crippen LogP contribution in [0.3, 0.4) is 0 Å². The molecule has 7 nitrogen and oxygen atoms in total. The number of carbonyl (C=O) groups excluding carboxylic acids is 1. The molecule has 4 rings (SSSR count). The van der Waals surface area contributed by atoms with E-state index in [1.165, 1.54) is 5.56 Å². The van der Waals surface area contributed by atoms with Crippen LogP contribution in [0.1, 0.15) is 19.4 Å². The summed E-state index contributed by atoms with van der Waals surface area (Å²) >= 11 is 0. The van der Waals surface area contributed by atoms with Gasteiger partial charge in [-0.3, -0.25) is 14.7 Å². The molecule has 0 radical (unpaired) electrons. The minimum Gasteiger partial charge on any atom is -0.493 e. The number of nitrogens with zero attached hydrogens (tertiary/aromatic N) is 4. The number of carbonyl (C=O) groups is 1. The second-order valence-corrected chi connectivity index (χ2v) is 7.67. The van der Waals surface area contributed by atoms with Crippen molar-refractivity contribution in [1.29, 1.82) is 0 Å². The van der Waals surface area contributed by atoms with Crippen molar-refractivity contribution in [2.75, 3.05) is 44.2 Å². The molecule has 28 heavy (non-hydrogen) atoms. The van der Waals surface area contributed by atoms with Gasteiger partial charge in [-0.2, -0.15) is 0 Å². The van der Waals surface area contributed by atoms with Crippen molar-refractivity contribution in [2.45, 2.75) is 26.3 Å². The molecule has 3 heterocycles. The molecule has 0 bridgehead atoms. The van der Waals surface area contributed by atoms with Crippen LogP contribution >= 0.6 is 0 Å². The van der Waals surface area contributed by atoms with Gasteiger partial charge in [0, 0.05) is 44.2 Å². The number of hydrogen-bond acceptors (Lipinski definition) is 6. The van der Waals surface area contributed by atoms with Gasteiger partial charge in [0.25, 0.3) is 0 Å². The first kappa shape index (κ1) is 18.7. The Kier molecular flexibility index (Phi) is 5.43. The maximum atomic E-state index is 12.0. The molecule has 0 unspecified atom stereocenters. The van der Waals surface area contributed by atoms with E-state index in [1.807, 2.05) is 38.4 Å². The minimum absolute atomic E-state index is 0.0887. The van der Waals surface area contributed by atoms with Crippen molar-refractivity contribution in [3.63, 3.8) is 0 Å². The molecular formula is C21H27N5O2. The highest BCUT2D eigenvalue weighted by Gasteiger charge is 2.21. The fraction of sp³-hybridized carbons (Fsp3) is 0.476. The standard InChI is InChI=1S/C21H27N5O2/c1-15(2)23-21(27)14-25-6-8-26(9-7-25)20-13-22-12-18(24-20)16-3-4-19-17(11-16)5-10-28-19/h3-4,11-13,15H,5-10,14H2,1-2H3,(H,23,27). The summed E-state index contributed by atoms with van der Waals surface area (Å²) < 4.78 is 5.59. The predicted octanol–water partition coefficient (Wildman–Crippen LogP) is 1.73. The molecule has 1 aromatic carbocycles. The molecule has 148 valence electrons. The molecule has 1 N–H and O–H groups in total. The highest BCUT2D eigenvalue weighted by atomic mass is 16.5. The molecule has 1 saturated heterocycles. The van der Waals surface area contributed by atoms with Crippen molar-refractivity contribution in [3.8, 4) is 17.0 Å². The number of benzene rings is 1. The van der Waals surface area contributed by atoms with Crippen LogP contribution in [0.4, 0.5) is 5.82 Å². The van der Waals surface area contributed by atoms with Crippen LogP contribution < -0.4 is 15.0 Å². The van der Waals surface area contributed by atoms with Gasteiger partial charge in [-0.05, 0) is 37.6 Å². The number of anilines is 1. The molecule has 1 fully saturated rings. The highest BCUT2D eigenvalue weighted by molar-refractivity contribution is 5.78. The summed E-state index contributed by atoms with van der Waals surface area (Å²) in [6.45, 7) is 8.53. The largest absolute Gasteiger partial charge is 0.493 e. The van der Waals surface area contributed by atoms with Crippen molar-refractivity contribution >= 4 is 11.7 Å². The molecule has 7 heteroatoms. The molecule has 0 atom stereocenters. The molecule has 2 aliphatic rings. The Hall–Kier alpha value is -2.67. The number of nitrogens with one attached hydrogen (secondary N) is 1. The quantitative estimate of drug-likeness (QED) is 0.851. The Balaban J connectivity index is 1.40. The SMILES string of the molecule is CC(C)NC(=O)CN1CCN(c2cncc(-c3ccc4c(c3)CCO4)n2)CC1. The van der Waals surface area contributed by atoms with E-state index in [0.29, 0.717) is 6.54 Å². The summed E-state index contributed by atoms with van der Waals surface area (Å²) in [4.78, 5) is 25.6. The van der Waals surface area contributed by atoms with Gasteiger partial charge >= 0.3 is 0 Å². The topological polar surface area (TPSA) is 70.6 Å². The summed E-state index contributed by atoms with van der Waals surface area (Å²) in [5, 5.41) is 2.95. The number of ether oxygens (including phenoxy) is 1. The Morgan fingerprint density at radius 2 is 2.04 bits per heavy atom. The predicted molar refractivity (Wildman–Crippen MR) is 109 cm³/mol. The first-order valence-electron chi connectivity index (χ1n) is 9.93. The fourth-order valence-corrected chi connectivity index (χ4v) is 3.70. The Morgan fingerprint density at radius 1 is 1.21 bits per heavy atom. The number of amides is 1. The zero-order valence-electron chi connectivity index (χ0n) is 16.5. The zero-order valence-corrected chi connectivity index (χ0v) is 16.5. The minimum atomic E-state index is 0.0887. The monoisotopic (exact) mass is 381 g/mol. The molecular weight excluding hydrogens is 354 g/mol. The van der Waals surface area contributed by atoms with Crippen molar-refractivity contribution in [2.24, 2.45) is 0 Å². The van der Waals surface area contributed by atoms with Gasteiger partial charge in [0.1, 0.15) is 11.6 Å². The lowest BCUT2D eigenvalue weighted by Crippen LogP contribution is -2.50. The Morgan fingerprint density at radius 3 is 2.82 bits per heavy atom. The second-order valence-electron chi connectivity index (χ2n) is 7.67. The average Bonchev–Trinajstić information content (AvgIpc) is 3.16. The lowest BCUT2D eigenvalue weighted by Gasteiger charge is -2.35. The summed E-state index contributed by atoms with van der Waals surface area (Å²) in [6.07, 6.45) is 4.58. The molecule has 0 aliphatic carbocycles. The second kappa shape index (κ2) is 8.14. The number of aromatic nitrogens is 2. The maximum Gasteiger partial charge on any atom is 0.234 e. The lowest BCUT2D eigenvalue weighted by molar-refractivity contribution is -0.122. The van der Waals surface area contributed by atoms with E-state index in [4.69, 9.17) is 9.72 Å². The van der Waals surface area contributed by atoms with Gasteiger partial charge in [-0.1, -0.05) is 0 Å². The summed E-state index contributed by atoms with van der Waals surface area (Å²) in [7, 11) is 0. The maximum absolute atomic E-state index is 12.0. The van der Waals surface area contributed by atoms with Crippen LogP contribution in [-0.2, 0) is 11.2 Å². The van der Waals surface area contributed by atoms with Gasteiger partial charge in [0.05, 0.1) is 31.2 Å². The first-order chi connectivity index (χ1) is 13.6. The normalized spacial score (nSPS) is 16.8. The van der Waals surface area contributed by atoms with E-state index in [9.17, 15) is 4.79 Å². The lowest BCUT2D eigenvalue weighted by atomic mass is 10.1. The average molecular weight is 381 g/mol. The van der Waals surface area contributed by atoms with E-state index < -0.39 is 0 Å². The third-order valence-electron chi connectivity index (χ3n) is 5.12. The zero-order chi connectivity index (χ0) is 19.5. The van der Waals surface area contributed by atoms with Crippen LogP contribution in [0.5, 0.6) is 5.75 Å². The number of fused-ring (bicyclic) bond motifs is 1. The van der Waals surface area contributed by atoms with Crippen molar-refractivity contribution in [3.05, 3.63) is 36.2 Å². The van der Waals surface area contributed by atoms with Gasteiger partial charge in [-0.25, -0.2) is 4.98 Å². The smallest absolute Gasteiger partial charge is 0.234 e. The van der Waals surface area contributed by atoms with Crippen LogP contribution in [0.25, 0.3) is 11.3 Å². The van der Waals surface area contributed by atoms with Crippen LogP contribution in [0.2, 0.25) is 0 Å². The van der Waals surface area contributed by atoms with E-state index in [1.54, 1.807) is 0 Å². The van der Waals surface area contributed by atoms with Crippen LogP contribution in [0, 0.1) is 0 Å². The van der Waals surface area contributed by atoms with Gasteiger partial charge in [0.2, 0.25) is 5.91 Å². The van der Waals surface area contributed by atoms with E-state index in [0.717, 1.165) is 62.0 Å². The fourth-order valence-electron chi connectivity index (χ4n) is 3.70. The number of piperazine rings is 1. The van der Waals surface area contributed by atoms with Crippen LogP contribution in [0.15, 0.2) is 30.6 Å². The molecule has 0 saturated carbocycles. The molecule has 1 amide bonds. The van der Waals surface area contributed by atoms with Crippen molar-refractivity contribution < 1.29 is 9.53 Å². The van der Waals surface area contributed by atoms with Crippen molar-refractivity contribution in [1.82, 2.24) is 20.2 Å². The van der Waals surface area contributed by atoms with Gasteiger partial charge in [-0.15, -0.1) is 0 Å². The molecule has 2 aromatic rings. The third kappa shape index (κ3) is 4.25. The summed E-state index contributed by atoms with van der Waals surface area (Å²) in [5.41, 5.74) is 3.19. The summed E-state index contributed by atoms with van der Waals surface area (Å²) in [6, 6.07) is 6.40. The van der Waals surface area contributed by atoms with Gasteiger partial charge < -0.3 is 15.0 Å². The van der Waals surface area contributed by atoms with Crippen LogP contribution in [-0.4, -0.2) is 66.1 Å². The molecule has 1 aromatic heterocycles. The molecule has 0 spiro atoms. The highest BCUT2D eigenvalue weighted by Crippen LogP contribution is 2.30. The van der Waals surface area contributed by atoms with E-state index in [-0.39, 0.29) is 11.9 Å². The Labute approximate surface area is 165 Å². The number of hydrogen-bond donors (Lipinski definition) is 1. The third-order valence-corrected chi connectivity index (χ3v) is 5.12. The number of rotatable bonds is 5. The van der Waals surface area contributed by atoms with Gasteiger partial charge in [0.15, 0.2) is 0 Å². The Bertz CT molecular complexity index is 846. The molecule has 2 aliphatic heterocycles. The van der Waals surface area contributed by atoms with E-state index >= 15 is 0 Å². The first-order valence-corrected chi connectivity index (χ1v) is 9.93. The van der Waals surface area contributed by atoms with E-state index in [2.05, 4.69) is 26.2 Å².